The second-order valence-electron chi connectivity index (χ2n) is 15.2. The molecule has 14 nitrogen and oxygen atoms in total. The molecule has 6 rings (SSSR count). The first-order valence-electron chi connectivity index (χ1n) is 18.1. The summed E-state index contributed by atoms with van der Waals surface area (Å²) >= 11 is 0. The van der Waals surface area contributed by atoms with Crippen LogP contribution in [-0.2, 0) is 29.1 Å². The average Bonchev–Trinajstić information content (AvgIpc) is 4.02. The van der Waals surface area contributed by atoms with Crippen molar-refractivity contribution in [2.24, 2.45) is 5.92 Å². The van der Waals surface area contributed by atoms with Gasteiger partial charge in [-0.1, -0.05) is 61.4 Å². The lowest BCUT2D eigenvalue weighted by atomic mass is 10.0. The third-order valence-corrected chi connectivity index (χ3v) is 11.8. The highest BCUT2D eigenvalue weighted by molar-refractivity contribution is 7.91. The molecule has 2 aliphatic carbocycles. The van der Waals surface area contributed by atoms with Crippen LogP contribution in [0.15, 0.2) is 54.6 Å². The third-order valence-electron chi connectivity index (χ3n) is 9.97. The van der Waals surface area contributed by atoms with Gasteiger partial charge in [0.25, 0.3) is 5.91 Å². The van der Waals surface area contributed by atoms with Crippen molar-refractivity contribution in [3.63, 3.8) is 0 Å². The summed E-state index contributed by atoms with van der Waals surface area (Å²) in [6.45, 7) is 4.98. The normalized spacial score (nSPS) is 26.4. The zero-order valence-corrected chi connectivity index (χ0v) is 30.7. The summed E-state index contributed by atoms with van der Waals surface area (Å²) in [7, 11) is -3.91. The van der Waals surface area contributed by atoms with Gasteiger partial charge in [0.1, 0.15) is 23.2 Å². The zero-order chi connectivity index (χ0) is 37.3. The number of amides is 6. The smallest absolute Gasteiger partial charge is 0.408 e. The van der Waals surface area contributed by atoms with Crippen LogP contribution < -0.4 is 20.7 Å². The van der Waals surface area contributed by atoms with Gasteiger partial charge in [0, 0.05) is 24.4 Å². The van der Waals surface area contributed by atoms with Crippen LogP contribution in [-0.4, -0.2) is 96.2 Å². The van der Waals surface area contributed by atoms with Crippen LogP contribution in [0, 0.1) is 5.92 Å². The van der Waals surface area contributed by atoms with E-state index in [0.29, 0.717) is 37.8 Å². The number of alkyl carbamates (subject to hydrolysis) is 1. The summed E-state index contributed by atoms with van der Waals surface area (Å²) in [5.41, 5.74) is -1.78. The summed E-state index contributed by atoms with van der Waals surface area (Å²) in [6, 6.07) is 10.4. The van der Waals surface area contributed by atoms with Gasteiger partial charge >= 0.3 is 12.1 Å². The maximum atomic E-state index is 14.4. The zero-order valence-electron chi connectivity index (χ0n) is 29.9. The maximum Gasteiger partial charge on any atom is 0.408 e. The molecule has 0 bridgehead atoms. The van der Waals surface area contributed by atoms with E-state index in [1.807, 2.05) is 48.6 Å². The van der Waals surface area contributed by atoms with Gasteiger partial charge in [-0.3, -0.25) is 19.1 Å². The van der Waals surface area contributed by atoms with Gasteiger partial charge in [-0.15, -0.1) is 0 Å². The fourth-order valence-electron chi connectivity index (χ4n) is 6.91. The number of allylic oxidation sites excluding steroid dienone is 1. The number of anilines is 1. The van der Waals surface area contributed by atoms with E-state index in [-0.39, 0.29) is 26.1 Å². The summed E-state index contributed by atoms with van der Waals surface area (Å²) < 4.78 is 33.3. The minimum Gasteiger partial charge on any atom is -0.444 e. The number of piperazine rings is 1. The molecule has 0 aromatic heterocycles. The van der Waals surface area contributed by atoms with E-state index in [9.17, 15) is 32.4 Å². The number of carbonyl (C=O) groups excluding carboxylic acids is 5. The molecule has 2 heterocycles. The van der Waals surface area contributed by atoms with Crippen LogP contribution in [0.25, 0.3) is 10.8 Å². The second-order valence-corrected chi connectivity index (χ2v) is 17.1. The number of nitrogens with one attached hydrogen (secondary N) is 4. The number of sulfonamides is 1. The van der Waals surface area contributed by atoms with Crippen molar-refractivity contribution in [2.75, 3.05) is 25.0 Å². The van der Waals surface area contributed by atoms with Crippen LogP contribution in [0.3, 0.4) is 0 Å². The summed E-state index contributed by atoms with van der Waals surface area (Å²) in [5.74, 6) is -2.52. The summed E-state index contributed by atoms with van der Waals surface area (Å²) in [5, 5.41) is 9.60. The topological polar surface area (TPSA) is 183 Å². The number of urea groups is 1. The molecule has 0 spiro atoms. The Labute approximate surface area is 304 Å². The molecule has 1 unspecified atom stereocenters. The number of fused-ring (bicyclic) bond motifs is 3. The van der Waals surface area contributed by atoms with Gasteiger partial charge in [0.15, 0.2) is 0 Å². The Balaban J connectivity index is 1.29. The van der Waals surface area contributed by atoms with E-state index >= 15 is 0 Å². The minimum absolute atomic E-state index is 0.0367. The molecule has 4 atom stereocenters. The molecule has 52 heavy (non-hydrogen) atoms. The molecule has 2 saturated carbocycles. The first-order valence-corrected chi connectivity index (χ1v) is 19.6. The molecule has 2 aromatic carbocycles. The number of benzene rings is 2. The molecule has 280 valence electrons. The largest absolute Gasteiger partial charge is 0.444 e. The fourth-order valence-corrected chi connectivity index (χ4v) is 8.27. The van der Waals surface area contributed by atoms with Crippen molar-refractivity contribution in [1.82, 2.24) is 25.2 Å². The standard InChI is InChI=1S/C37H48N6O8S/c1-36(2,3)51-35(48)39-29-16-8-6-4-5-7-14-25-22-37(25,33(46)41-52(49,50)26-18-19-26)40-31(44)30-23-42(20-21-43(30)32(29)45)34(47)38-28-17-11-13-24-12-9-10-15-27(24)28/h7,9-15,17,25-26,29-30H,4-6,8,16,18-23H2,1-3H3,(H,38,47)(H,39,48)(H,40,44)(H,41,46)/b14-7+/t25?,29-,30-,37-/m0/s1. The fraction of sp³-hybridized carbons (Fsp3) is 0.541. The first-order chi connectivity index (χ1) is 24.7. The Morgan fingerprint density at radius 3 is 2.46 bits per heavy atom. The summed E-state index contributed by atoms with van der Waals surface area (Å²) in [4.78, 5) is 71.9. The lowest BCUT2D eigenvalue weighted by Crippen LogP contribution is -2.66. The molecule has 4 N–H and O–H groups in total. The van der Waals surface area contributed by atoms with E-state index in [4.69, 9.17) is 4.74 Å². The number of hydrogen-bond donors (Lipinski definition) is 4. The van der Waals surface area contributed by atoms with Crippen LogP contribution in [0.2, 0.25) is 0 Å². The number of nitrogens with zero attached hydrogens (tertiary/aromatic N) is 2. The third kappa shape index (κ3) is 8.51. The van der Waals surface area contributed by atoms with Crippen molar-refractivity contribution in [3.8, 4) is 0 Å². The van der Waals surface area contributed by atoms with Gasteiger partial charge in [-0.05, 0) is 70.7 Å². The predicted molar refractivity (Wildman–Crippen MR) is 194 cm³/mol. The summed E-state index contributed by atoms with van der Waals surface area (Å²) in [6.07, 6.45) is 7.21. The van der Waals surface area contributed by atoms with E-state index in [0.717, 1.165) is 23.6 Å². The highest BCUT2D eigenvalue weighted by atomic mass is 32.2. The number of rotatable bonds is 5. The predicted octanol–water partition coefficient (Wildman–Crippen LogP) is 3.78. The Morgan fingerprint density at radius 1 is 0.962 bits per heavy atom. The minimum atomic E-state index is -3.91. The average molecular weight is 737 g/mol. The van der Waals surface area contributed by atoms with Gasteiger partial charge < -0.3 is 30.5 Å². The highest BCUT2D eigenvalue weighted by Crippen LogP contribution is 2.46. The van der Waals surface area contributed by atoms with Crippen molar-refractivity contribution in [1.29, 1.82) is 0 Å². The molecule has 0 radical (unpaired) electrons. The van der Waals surface area contributed by atoms with Crippen LogP contribution in [0.4, 0.5) is 15.3 Å². The van der Waals surface area contributed by atoms with E-state index in [1.165, 1.54) is 9.80 Å². The monoisotopic (exact) mass is 736 g/mol. The quantitative estimate of drug-likeness (QED) is 0.335. The Bertz CT molecular complexity index is 1870. The second kappa shape index (κ2) is 14.8. The molecule has 3 fully saturated rings. The molecule has 6 amide bonds. The maximum absolute atomic E-state index is 14.4. The number of carbonyl (C=O) groups is 5. The lowest BCUT2D eigenvalue weighted by Gasteiger charge is -2.42. The molecular formula is C37H48N6O8S. The van der Waals surface area contributed by atoms with E-state index in [2.05, 4.69) is 20.7 Å². The lowest BCUT2D eigenvalue weighted by molar-refractivity contribution is -0.146. The van der Waals surface area contributed by atoms with Crippen molar-refractivity contribution >= 4 is 56.3 Å². The van der Waals surface area contributed by atoms with Crippen molar-refractivity contribution in [2.45, 2.75) is 101 Å². The molecule has 15 heteroatoms. The SMILES string of the molecule is CC(C)(C)OC(=O)N[C@H]1CCCCC/C=C/C2C[C@]2(C(=O)NS(=O)(=O)C2CC2)NC(=O)[C@@H]2CN(C(=O)Nc3cccc4ccccc34)CCN2C1=O. The molecule has 2 aromatic rings. The van der Waals surface area contributed by atoms with Crippen molar-refractivity contribution in [3.05, 3.63) is 54.6 Å². The van der Waals surface area contributed by atoms with Crippen LogP contribution in [0.1, 0.15) is 72.1 Å². The molecule has 2 aliphatic heterocycles. The van der Waals surface area contributed by atoms with E-state index in [1.54, 1.807) is 26.8 Å². The van der Waals surface area contributed by atoms with Gasteiger partial charge in [0.2, 0.25) is 21.8 Å². The van der Waals surface area contributed by atoms with Crippen LogP contribution in [0.5, 0.6) is 0 Å². The van der Waals surface area contributed by atoms with E-state index < -0.39 is 74.3 Å². The molecule has 1 saturated heterocycles. The van der Waals surface area contributed by atoms with Crippen molar-refractivity contribution < 1.29 is 37.1 Å². The Kier molecular flexibility index (Phi) is 10.5. The Morgan fingerprint density at radius 2 is 1.71 bits per heavy atom. The molecular weight excluding hydrogens is 689 g/mol. The van der Waals surface area contributed by atoms with Gasteiger partial charge in [0.05, 0.1) is 17.5 Å². The van der Waals surface area contributed by atoms with Gasteiger partial charge in [-0.2, -0.15) is 0 Å². The Hall–Kier alpha value is -4.66. The number of hydrogen-bond acceptors (Lipinski definition) is 8. The van der Waals surface area contributed by atoms with Gasteiger partial charge in [-0.25, -0.2) is 18.0 Å². The number of ether oxygens (including phenoxy) is 1. The highest BCUT2D eigenvalue weighted by Gasteiger charge is 2.62. The first kappa shape index (κ1) is 37.1. The molecule has 4 aliphatic rings. The van der Waals surface area contributed by atoms with Crippen LogP contribution >= 0.6 is 0 Å².